The van der Waals surface area contributed by atoms with Gasteiger partial charge in [-0.2, -0.15) is 13.2 Å². The molecule has 0 radical (unpaired) electrons. The van der Waals surface area contributed by atoms with Gasteiger partial charge in [0, 0.05) is 44.0 Å². The van der Waals surface area contributed by atoms with E-state index in [1.54, 1.807) is 12.3 Å². The van der Waals surface area contributed by atoms with Gasteiger partial charge in [-0.25, -0.2) is 0 Å². The lowest BCUT2D eigenvalue weighted by Crippen LogP contribution is -2.33. The van der Waals surface area contributed by atoms with Crippen molar-refractivity contribution in [3.8, 4) is 0 Å². The molecule has 0 saturated carbocycles. The van der Waals surface area contributed by atoms with Crippen molar-refractivity contribution in [1.82, 2.24) is 15.2 Å². The molecule has 0 bridgehead atoms. The molecule has 1 unspecified atom stereocenters. The van der Waals surface area contributed by atoms with Crippen molar-refractivity contribution in [3.05, 3.63) is 65.5 Å². The Kier molecular flexibility index (Phi) is 5.71. The highest BCUT2D eigenvalue weighted by molar-refractivity contribution is 5.29. The summed E-state index contributed by atoms with van der Waals surface area (Å²) in [5.41, 5.74) is 0.994. The quantitative estimate of drug-likeness (QED) is 0.913. The fraction of sp³-hybridized carbons (Fsp3) is 0.421. The lowest BCUT2D eigenvalue weighted by molar-refractivity contribution is -0.137. The molecule has 1 aromatic carbocycles. The zero-order chi connectivity index (χ0) is 17.7. The molecule has 0 amide bonds. The van der Waals surface area contributed by atoms with Crippen LogP contribution in [0.5, 0.6) is 0 Å². The van der Waals surface area contributed by atoms with Crippen molar-refractivity contribution >= 4 is 0 Å². The van der Waals surface area contributed by atoms with Gasteiger partial charge in [0.2, 0.25) is 0 Å². The number of aromatic nitrogens is 1. The SMILES string of the molecule is FC(F)(F)c1cccc(C(Cc2ccccn2)N2CCCNCC2)c1. The van der Waals surface area contributed by atoms with Gasteiger partial charge in [0.25, 0.3) is 0 Å². The number of benzene rings is 1. The molecule has 1 N–H and O–H groups in total. The van der Waals surface area contributed by atoms with Crippen LogP contribution >= 0.6 is 0 Å². The van der Waals surface area contributed by atoms with Crippen molar-refractivity contribution in [1.29, 1.82) is 0 Å². The smallest absolute Gasteiger partial charge is 0.315 e. The van der Waals surface area contributed by atoms with Gasteiger partial charge in [-0.3, -0.25) is 9.88 Å². The zero-order valence-electron chi connectivity index (χ0n) is 14.0. The van der Waals surface area contributed by atoms with Crippen molar-refractivity contribution < 1.29 is 13.2 Å². The Labute approximate surface area is 145 Å². The number of nitrogens with zero attached hydrogens (tertiary/aromatic N) is 2. The average Bonchev–Trinajstić information content (AvgIpc) is 2.89. The molecule has 3 rings (SSSR count). The van der Waals surface area contributed by atoms with Crippen molar-refractivity contribution in [2.45, 2.75) is 25.1 Å². The van der Waals surface area contributed by atoms with Gasteiger partial charge in [-0.1, -0.05) is 18.2 Å². The molecule has 2 heterocycles. The standard InChI is InChI=1S/C19H22F3N3/c20-19(21,22)16-6-3-5-15(13-16)18(14-17-7-1-2-9-24-17)25-11-4-8-23-10-12-25/h1-3,5-7,9,13,18,23H,4,8,10-12,14H2. The highest BCUT2D eigenvalue weighted by Gasteiger charge is 2.32. The molecule has 25 heavy (non-hydrogen) atoms. The molecule has 3 nitrogen and oxygen atoms in total. The first kappa shape index (κ1) is 17.9. The van der Waals surface area contributed by atoms with E-state index in [2.05, 4.69) is 15.2 Å². The number of pyridine rings is 1. The molecule has 1 aromatic heterocycles. The molecule has 2 aromatic rings. The molecule has 1 aliphatic rings. The van der Waals surface area contributed by atoms with E-state index < -0.39 is 11.7 Å². The van der Waals surface area contributed by atoms with Crippen LogP contribution < -0.4 is 5.32 Å². The molecule has 1 saturated heterocycles. The first-order valence-corrected chi connectivity index (χ1v) is 8.56. The van der Waals surface area contributed by atoms with Crippen LogP contribution in [0.25, 0.3) is 0 Å². The fourth-order valence-corrected chi connectivity index (χ4v) is 3.28. The predicted octanol–water partition coefficient (Wildman–Crippen LogP) is 3.68. The second-order valence-electron chi connectivity index (χ2n) is 6.30. The largest absolute Gasteiger partial charge is 0.416 e. The van der Waals surface area contributed by atoms with E-state index in [1.165, 1.54) is 12.1 Å². The van der Waals surface area contributed by atoms with Crippen LogP contribution in [0.3, 0.4) is 0 Å². The minimum Gasteiger partial charge on any atom is -0.315 e. The average molecular weight is 349 g/mol. The van der Waals surface area contributed by atoms with E-state index >= 15 is 0 Å². The first-order chi connectivity index (χ1) is 12.0. The van der Waals surface area contributed by atoms with E-state index in [-0.39, 0.29) is 6.04 Å². The maximum Gasteiger partial charge on any atom is 0.416 e. The minimum atomic E-state index is -4.33. The zero-order valence-corrected chi connectivity index (χ0v) is 14.0. The summed E-state index contributed by atoms with van der Waals surface area (Å²) in [5, 5.41) is 3.35. The van der Waals surface area contributed by atoms with Gasteiger partial charge in [0.1, 0.15) is 0 Å². The summed E-state index contributed by atoms with van der Waals surface area (Å²) in [5.74, 6) is 0. The third kappa shape index (κ3) is 4.80. The van der Waals surface area contributed by atoms with Crippen LogP contribution in [0.2, 0.25) is 0 Å². The molecular weight excluding hydrogens is 327 g/mol. The summed E-state index contributed by atoms with van der Waals surface area (Å²) in [6.07, 6.45) is -1.02. The van der Waals surface area contributed by atoms with Crippen molar-refractivity contribution in [2.75, 3.05) is 26.2 Å². The summed E-state index contributed by atoms with van der Waals surface area (Å²) in [4.78, 5) is 6.64. The van der Waals surface area contributed by atoms with E-state index in [1.807, 2.05) is 18.2 Å². The van der Waals surface area contributed by atoms with Crippen LogP contribution in [-0.2, 0) is 12.6 Å². The predicted molar refractivity (Wildman–Crippen MR) is 91.2 cm³/mol. The van der Waals surface area contributed by atoms with Gasteiger partial charge in [-0.05, 0) is 42.8 Å². The lowest BCUT2D eigenvalue weighted by atomic mass is 9.97. The molecule has 6 heteroatoms. The normalized spacial score (nSPS) is 17.9. The molecule has 134 valence electrons. The summed E-state index contributed by atoms with van der Waals surface area (Å²) >= 11 is 0. The maximum absolute atomic E-state index is 13.1. The van der Waals surface area contributed by atoms with Crippen LogP contribution in [0.1, 0.15) is 29.3 Å². The molecule has 0 spiro atoms. The Hall–Kier alpha value is -1.92. The summed E-state index contributed by atoms with van der Waals surface area (Å²) in [6, 6.07) is 11.3. The number of hydrogen-bond acceptors (Lipinski definition) is 3. The Morgan fingerprint density at radius 3 is 2.72 bits per heavy atom. The molecule has 1 atom stereocenters. The number of nitrogens with one attached hydrogen (secondary N) is 1. The molecule has 0 aliphatic carbocycles. The van der Waals surface area contributed by atoms with Gasteiger partial charge >= 0.3 is 6.18 Å². The summed E-state index contributed by atoms with van der Waals surface area (Å²) < 4.78 is 39.4. The van der Waals surface area contributed by atoms with Crippen LogP contribution in [0.15, 0.2) is 48.7 Å². The third-order valence-corrected chi connectivity index (χ3v) is 4.54. The molecular formula is C19H22F3N3. The molecule has 1 fully saturated rings. The van der Waals surface area contributed by atoms with Gasteiger partial charge in [0.15, 0.2) is 0 Å². The highest BCUT2D eigenvalue weighted by atomic mass is 19.4. The Bertz CT molecular complexity index is 665. The number of hydrogen-bond donors (Lipinski definition) is 1. The minimum absolute atomic E-state index is 0.114. The Morgan fingerprint density at radius 2 is 1.96 bits per heavy atom. The van der Waals surface area contributed by atoms with E-state index in [4.69, 9.17) is 0 Å². The van der Waals surface area contributed by atoms with Gasteiger partial charge in [0.05, 0.1) is 5.56 Å². The maximum atomic E-state index is 13.1. The van der Waals surface area contributed by atoms with Crippen molar-refractivity contribution in [2.24, 2.45) is 0 Å². The van der Waals surface area contributed by atoms with E-state index in [0.717, 1.165) is 44.4 Å². The summed E-state index contributed by atoms with van der Waals surface area (Å²) in [6.45, 7) is 3.46. The lowest BCUT2D eigenvalue weighted by Gasteiger charge is -2.31. The van der Waals surface area contributed by atoms with Crippen molar-refractivity contribution in [3.63, 3.8) is 0 Å². The molecule has 1 aliphatic heterocycles. The number of rotatable bonds is 4. The van der Waals surface area contributed by atoms with Crippen LogP contribution in [0, 0.1) is 0 Å². The first-order valence-electron chi connectivity index (χ1n) is 8.56. The number of alkyl halides is 3. The summed E-state index contributed by atoms with van der Waals surface area (Å²) in [7, 11) is 0. The van der Waals surface area contributed by atoms with E-state index in [9.17, 15) is 13.2 Å². The Morgan fingerprint density at radius 1 is 1.08 bits per heavy atom. The van der Waals surface area contributed by atoms with Gasteiger partial charge in [-0.15, -0.1) is 0 Å². The fourth-order valence-electron chi connectivity index (χ4n) is 3.28. The second-order valence-corrected chi connectivity index (χ2v) is 6.30. The monoisotopic (exact) mass is 349 g/mol. The second kappa shape index (κ2) is 7.97. The topological polar surface area (TPSA) is 28.2 Å². The van der Waals surface area contributed by atoms with Gasteiger partial charge < -0.3 is 5.32 Å². The highest BCUT2D eigenvalue weighted by Crippen LogP contribution is 2.33. The number of halogens is 3. The van der Waals surface area contributed by atoms with E-state index in [0.29, 0.717) is 12.0 Å². The third-order valence-electron chi connectivity index (χ3n) is 4.54. The Balaban J connectivity index is 1.92. The van der Waals surface area contributed by atoms with Crippen LogP contribution in [0.4, 0.5) is 13.2 Å². The van der Waals surface area contributed by atoms with Crippen LogP contribution in [-0.4, -0.2) is 36.1 Å².